The minimum Gasteiger partial charge on any atom is -0.377 e. The highest BCUT2D eigenvalue weighted by Gasteiger charge is 2.81. The predicted octanol–water partition coefficient (Wildman–Crippen LogP) is 2.07. The first-order valence-electron chi connectivity index (χ1n) is 6.03. The van der Waals surface area contributed by atoms with Crippen LogP contribution < -0.4 is 0 Å². The van der Waals surface area contributed by atoms with Gasteiger partial charge < -0.3 is 4.74 Å². The fourth-order valence-electron chi connectivity index (χ4n) is 5.45. The van der Waals surface area contributed by atoms with Crippen LogP contribution in [-0.2, 0) is 4.74 Å². The van der Waals surface area contributed by atoms with E-state index in [4.69, 9.17) is 4.74 Å². The van der Waals surface area contributed by atoms with Crippen LogP contribution in [0.5, 0.6) is 0 Å². The molecule has 7 atom stereocenters. The lowest BCUT2D eigenvalue weighted by atomic mass is 9.70. The van der Waals surface area contributed by atoms with Crippen LogP contribution in [0.4, 0.5) is 0 Å². The predicted molar refractivity (Wildman–Crippen MR) is 48.1 cm³/mol. The van der Waals surface area contributed by atoms with Gasteiger partial charge in [0.1, 0.15) is 0 Å². The van der Waals surface area contributed by atoms with Crippen molar-refractivity contribution in [2.24, 2.45) is 35.0 Å². The molecule has 7 unspecified atom stereocenters. The van der Waals surface area contributed by atoms with E-state index in [0.717, 1.165) is 35.9 Å². The molecule has 70 valence electrons. The quantitative estimate of drug-likeness (QED) is 0.549. The lowest BCUT2D eigenvalue weighted by molar-refractivity contribution is -0.0806. The van der Waals surface area contributed by atoms with Crippen molar-refractivity contribution < 1.29 is 4.74 Å². The van der Waals surface area contributed by atoms with Gasteiger partial charge in [-0.05, 0) is 55.3 Å². The minimum absolute atomic E-state index is 0.752. The van der Waals surface area contributed by atoms with Gasteiger partial charge in [-0.15, -0.1) is 0 Å². The zero-order valence-corrected chi connectivity index (χ0v) is 7.91. The van der Waals surface area contributed by atoms with Crippen LogP contribution in [0.2, 0.25) is 0 Å². The van der Waals surface area contributed by atoms with Crippen LogP contribution in [0.25, 0.3) is 0 Å². The average molecular weight is 176 g/mol. The molecule has 4 saturated carbocycles. The van der Waals surface area contributed by atoms with Crippen molar-refractivity contribution in [1.82, 2.24) is 0 Å². The van der Waals surface area contributed by atoms with Gasteiger partial charge >= 0.3 is 0 Å². The van der Waals surface area contributed by atoms with Crippen molar-refractivity contribution in [3.63, 3.8) is 0 Å². The van der Waals surface area contributed by atoms with E-state index < -0.39 is 0 Å². The first-order chi connectivity index (χ1) is 6.41. The Morgan fingerprint density at radius 1 is 1.08 bits per heavy atom. The molecule has 0 bridgehead atoms. The molecule has 1 nitrogen and oxygen atoms in total. The van der Waals surface area contributed by atoms with Crippen molar-refractivity contribution >= 4 is 0 Å². The molecule has 0 amide bonds. The third-order valence-corrected chi connectivity index (χ3v) is 6.01. The standard InChI is InChI=1S/C12H16O/c1-2-9-11-12(9,5-13-11)10-6(1)3-7-4-8(7)10/h6-11H,1-5H2. The van der Waals surface area contributed by atoms with Gasteiger partial charge in [0.2, 0.25) is 0 Å². The molecule has 0 aromatic heterocycles. The Bertz CT molecular complexity index is 299. The third-order valence-electron chi connectivity index (χ3n) is 6.01. The highest BCUT2D eigenvalue weighted by atomic mass is 16.5. The molecule has 0 N–H and O–H groups in total. The van der Waals surface area contributed by atoms with Crippen LogP contribution in [0.1, 0.15) is 25.7 Å². The lowest BCUT2D eigenvalue weighted by Gasteiger charge is -2.39. The summed E-state index contributed by atoms with van der Waals surface area (Å²) in [5.41, 5.74) is 0.777. The average Bonchev–Trinajstić information content (AvgIpc) is 2.90. The van der Waals surface area contributed by atoms with Crippen LogP contribution >= 0.6 is 0 Å². The number of hydrogen-bond acceptors (Lipinski definition) is 1. The summed E-state index contributed by atoms with van der Waals surface area (Å²) in [6, 6.07) is 0. The SMILES string of the molecule is C1CC2C3OCC23C2C1CC1CC12. The molecule has 1 aliphatic heterocycles. The van der Waals surface area contributed by atoms with E-state index in [1.165, 1.54) is 18.3 Å². The number of fused-ring (bicyclic) bond motifs is 4. The summed E-state index contributed by atoms with van der Waals surface area (Å²) in [5, 5.41) is 0. The Balaban J connectivity index is 1.62. The van der Waals surface area contributed by atoms with Gasteiger partial charge in [-0.25, -0.2) is 0 Å². The fourth-order valence-corrected chi connectivity index (χ4v) is 5.45. The molecule has 1 heterocycles. The lowest BCUT2D eigenvalue weighted by Crippen LogP contribution is -2.39. The van der Waals surface area contributed by atoms with E-state index >= 15 is 0 Å². The van der Waals surface area contributed by atoms with Crippen molar-refractivity contribution in [1.29, 1.82) is 0 Å². The summed E-state index contributed by atoms with van der Waals surface area (Å²) in [5.74, 6) is 5.63. The van der Waals surface area contributed by atoms with Crippen molar-refractivity contribution in [2.75, 3.05) is 6.61 Å². The largest absolute Gasteiger partial charge is 0.377 e. The summed E-state index contributed by atoms with van der Waals surface area (Å²) < 4.78 is 5.72. The maximum Gasteiger partial charge on any atom is 0.0695 e. The van der Waals surface area contributed by atoms with E-state index in [-0.39, 0.29) is 0 Å². The second-order valence-electron chi connectivity index (χ2n) is 6.21. The van der Waals surface area contributed by atoms with Gasteiger partial charge in [-0.3, -0.25) is 0 Å². The fraction of sp³-hybridized carbons (Fsp3) is 1.00. The van der Waals surface area contributed by atoms with Crippen molar-refractivity contribution in [3.8, 4) is 0 Å². The second-order valence-corrected chi connectivity index (χ2v) is 6.21. The molecule has 5 fully saturated rings. The van der Waals surface area contributed by atoms with E-state index in [1.54, 1.807) is 19.3 Å². The van der Waals surface area contributed by atoms with Gasteiger partial charge in [0.15, 0.2) is 0 Å². The molecule has 4 aliphatic carbocycles. The second kappa shape index (κ2) is 1.60. The third kappa shape index (κ3) is 0.495. The van der Waals surface area contributed by atoms with Gasteiger partial charge in [0.25, 0.3) is 0 Å². The zero-order chi connectivity index (χ0) is 8.21. The van der Waals surface area contributed by atoms with Crippen LogP contribution in [0.3, 0.4) is 0 Å². The molecule has 0 radical (unpaired) electrons. The minimum atomic E-state index is 0.752. The number of hydrogen-bond donors (Lipinski definition) is 0. The molecule has 1 heteroatoms. The molecule has 1 spiro atoms. The highest BCUT2D eigenvalue weighted by molar-refractivity contribution is 5.28. The van der Waals surface area contributed by atoms with Gasteiger partial charge in [0.05, 0.1) is 12.7 Å². The Hall–Kier alpha value is -0.0400. The molecule has 1 saturated heterocycles. The Labute approximate surface area is 78.8 Å². The first-order valence-corrected chi connectivity index (χ1v) is 6.03. The Morgan fingerprint density at radius 3 is 2.92 bits per heavy atom. The maximum absolute atomic E-state index is 5.72. The summed E-state index contributed by atoms with van der Waals surface area (Å²) in [7, 11) is 0. The Kier molecular flexibility index (Phi) is 0.793. The Morgan fingerprint density at radius 2 is 2.08 bits per heavy atom. The number of rotatable bonds is 0. The number of ether oxygens (including phenoxy) is 1. The van der Waals surface area contributed by atoms with Crippen LogP contribution in [-0.4, -0.2) is 12.7 Å². The molecule has 0 aromatic carbocycles. The van der Waals surface area contributed by atoms with Gasteiger partial charge in [-0.1, -0.05) is 0 Å². The summed E-state index contributed by atoms with van der Waals surface area (Å²) >= 11 is 0. The first kappa shape index (κ1) is 6.44. The summed E-state index contributed by atoms with van der Waals surface area (Å²) in [4.78, 5) is 0. The molecule has 13 heavy (non-hydrogen) atoms. The van der Waals surface area contributed by atoms with Gasteiger partial charge in [-0.2, -0.15) is 0 Å². The van der Waals surface area contributed by atoms with Crippen molar-refractivity contribution in [3.05, 3.63) is 0 Å². The smallest absolute Gasteiger partial charge is 0.0695 e. The van der Waals surface area contributed by atoms with Crippen LogP contribution in [0, 0.1) is 35.0 Å². The molecule has 0 aromatic rings. The molecule has 5 aliphatic rings. The topological polar surface area (TPSA) is 9.23 Å². The normalized spacial score (nSPS) is 75.7. The zero-order valence-electron chi connectivity index (χ0n) is 7.91. The molecular formula is C12H16O. The van der Waals surface area contributed by atoms with E-state index in [2.05, 4.69) is 0 Å². The van der Waals surface area contributed by atoms with E-state index in [9.17, 15) is 0 Å². The summed E-state index contributed by atoms with van der Waals surface area (Å²) in [6.07, 6.45) is 6.98. The van der Waals surface area contributed by atoms with Crippen molar-refractivity contribution in [2.45, 2.75) is 31.8 Å². The molecule has 5 rings (SSSR count). The van der Waals surface area contributed by atoms with Crippen LogP contribution in [0.15, 0.2) is 0 Å². The summed E-state index contributed by atoms with van der Waals surface area (Å²) in [6.45, 7) is 1.15. The van der Waals surface area contributed by atoms with E-state index in [1.807, 2.05) is 0 Å². The highest BCUT2D eigenvalue weighted by Crippen LogP contribution is 2.80. The molecular weight excluding hydrogens is 160 g/mol. The maximum atomic E-state index is 5.72. The monoisotopic (exact) mass is 176 g/mol. The van der Waals surface area contributed by atoms with E-state index in [0.29, 0.717) is 0 Å². The van der Waals surface area contributed by atoms with Gasteiger partial charge in [0, 0.05) is 5.41 Å².